The van der Waals surface area contributed by atoms with Gasteiger partial charge in [-0.05, 0) is 31.5 Å². The van der Waals surface area contributed by atoms with Crippen molar-refractivity contribution in [3.63, 3.8) is 0 Å². The van der Waals surface area contributed by atoms with E-state index in [1.165, 1.54) is 12.8 Å². The number of hydrogen-bond donors (Lipinski definition) is 0. The predicted molar refractivity (Wildman–Crippen MR) is 78.6 cm³/mol. The molecule has 20 heavy (non-hydrogen) atoms. The summed E-state index contributed by atoms with van der Waals surface area (Å²) in [5, 5.41) is 0. The zero-order chi connectivity index (χ0) is 14.8. The van der Waals surface area contributed by atoms with Gasteiger partial charge < -0.3 is 14.2 Å². The van der Waals surface area contributed by atoms with Crippen molar-refractivity contribution in [2.45, 2.75) is 39.5 Å². The molecule has 0 aromatic heterocycles. The van der Waals surface area contributed by atoms with Gasteiger partial charge in [-0.2, -0.15) is 0 Å². The molecule has 1 aromatic carbocycles. The Labute approximate surface area is 121 Å². The van der Waals surface area contributed by atoms with E-state index in [4.69, 9.17) is 14.2 Å². The van der Waals surface area contributed by atoms with Crippen molar-refractivity contribution in [2.24, 2.45) is 0 Å². The molecule has 1 aromatic rings. The van der Waals surface area contributed by atoms with Crippen molar-refractivity contribution >= 4 is 5.97 Å². The Morgan fingerprint density at radius 3 is 2.55 bits per heavy atom. The van der Waals surface area contributed by atoms with E-state index in [9.17, 15) is 4.79 Å². The molecule has 4 nitrogen and oxygen atoms in total. The Morgan fingerprint density at radius 1 is 1.10 bits per heavy atom. The standard InChI is InChI=1S/C16H24O4/c1-4-6-7-8-11-20-16(17)13-9-10-14(19-5-2)15(12-13)18-3/h9-10,12H,4-8,11H2,1-3H3. The number of benzene rings is 1. The van der Waals surface area contributed by atoms with Gasteiger partial charge in [0.25, 0.3) is 0 Å². The molecule has 0 saturated carbocycles. The summed E-state index contributed by atoms with van der Waals surface area (Å²) in [4.78, 5) is 11.9. The Kier molecular flexibility index (Phi) is 7.55. The lowest BCUT2D eigenvalue weighted by Crippen LogP contribution is -2.07. The van der Waals surface area contributed by atoms with Crippen LogP contribution >= 0.6 is 0 Å². The molecular formula is C16H24O4. The third kappa shape index (κ3) is 5.11. The SMILES string of the molecule is CCCCCCOC(=O)c1ccc(OCC)c(OC)c1. The molecule has 0 amide bonds. The second-order valence-electron chi connectivity index (χ2n) is 4.50. The minimum absolute atomic E-state index is 0.317. The molecule has 0 aliphatic heterocycles. The predicted octanol–water partition coefficient (Wildman–Crippen LogP) is 3.83. The van der Waals surface area contributed by atoms with Crippen LogP contribution in [-0.2, 0) is 4.74 Å². The highest BCUT2D eigenvalue weighted by Crippen LogP contribution is 2.28. The van der Waals surface area contributed by atoms with E-state index in [1.807, 2.05) is 6.92 Å². The molecule has 112 valence electrons. The van der Waals surface area contributed by atoms with Gasteiger partial charge in [-0.25, -0.2) is 4.79 Å². The fourth-order valence-corrected chi connectivity index (χ4v) is 1.85. The van der Waals surface area contributed by atoms with Crippen LogP contribution in [0.4, 0.5) is 0 Å². The number of esters is 1. The summed E-state index contributed by atoms with van der Waals surface area (Å²) in [5.74, 6) is 0.865. The van der Waals surface area contributed by atoms with Crippen molar-refractivity contribution in [3.05, 3.63) is 23.8 Å². The number of carbonyl (C=O) groups is 1. The van der Waals surface area contributed by atoms with Crippen LogP contribution < -0.4 is 9.47 Å². The fourth-order valence-electron chi connectivity index (χ4n) is 1.85. The molecule has 1 rings (SSSR count). The van der Waals surface area contributed by atoms with Crippen molar-refractivity contribution in [3.8, 4) is 11.5 Å². The van der Waals surface area contributed by atoms with Gasteiger partial charge in [0.2, 0.25) is 0 Å². The summed E-state index contributed by atoms with van der Waals surface area (Å²) in [6, 6.07) is 5.08. The average Bonchev–Trinajstić information content (AvgIpc) is 2.47. The van der Waals surface area contributed by atoms with E-state index in [0.29, 0.717) is 30.3 Å². The summed E-state index contributed by atoms with van der Waals surface area (Å²) in [7, 11) is 1.55. The van der Waals surface area contributed by atoms with Crippen molar-refractivity contribution in [1.29, 1.82) is 0 Å². The number of ether oxygens (including phenoxy) is 3. The number of rotatable bonds is 9. The Morgan fingerprint density at radius 2 is 1.90 bits per heavy atom. The first-order valence-corrected chi connectivity index (χ1v) is 7.20. The lowest BCUT2D eigenvalue weighted by Gasteiger charge is -2.10. The van der Waals surface area contributed by atoms with Crippen LogP contribution in [0.3, 0.4) is 0 Å². The highest BCUT2D eigenvalue weighted by atomic mass is 16.5. The third-order valence-corrected chi connectivity index (χ3v) is 2.93. The van der Waals surface area contributed by atoms with Gasteiger partial charge in [0.15, 0.2) is 11.5 Å². The summed E-state index contributed by atoms with van der Waals surface area (Å²) < 4.78 is 15.9. The van der Waals surface area contributed by atoms with E-state index in [2.05, 4.69) is 6.92 Å². The van der Waals surface area contributed by atoms with Gasteiger partial charge >= 0.3 is 5.97 Å². The zero-order valence-corrected chi connectivity index (χ0v) is 12.6. The normalized spacial score (nSPS) is 10.2. The maximum atomic E-state index is 11.9. The van der Waals surface area contributed by atoms with Crippen LogP contribution in [0.1, 0.15) is 49.9 Å². The largest absolute Gasteiger partial charge is 0.493 e. The lowest BCUT2D eigenvalue weighted by molar-refractivity contribution is 0.0497. The highest BCUT2D eigenvalue weighted by Gasteiger charge is 2.11. The summed E-state index contributed by atoms with van der Waals surface area (Å²) in [5.41, 5.74) is 0.487. The Hall–Kier alpha value is -1.71. The topological polar surface area (TPSA) is 44.8 Å². The minimum atomic E-state index is -0.317. The maximum Gasteiger partial charge on any atom is 0.338 e. The second kappa shape index (κ2) is 9.23. The molecular weight excluding hydrogens is 256 g/mol. The smallest absolute Gasteiger partial charge is 0.338 e. The molecule has 0 unspecified atom stereocenters. The van der Waals surface area contributed by atoms with Crippen LogP contribution in [-0.4, -0.2) is 26.3 Å². The number of unbranched alkanes of at least 4 members (excludes halogenated alkanes) is 3. The number of methoxy groups -OCH3 is 1. The van der Waals surface area contributed by atoms with Crippen LogP contribution in [0.2, 0.25) is 0 Å². The number of carbonyl (C=O) groups excluding carboxylic acids is 1. The zero-order valence-electron chi connectivity index (χ0n) is 12.6. The monoisotopic (exact) mass is 280 g/mol. The average molecular weight is 280 g/mol. The molecule has 0 N–H and O–H groups in total. The Bertz CT molecular complexity index is 415. The molecule has 0 saturated heterocycles. The van der Waals surface area contributed by atoms with Crippen molar-refractivity contribution in [1.82, 2.24) is 0 Å². The van der Waals surface area contributed by atoms with Crippen LogP contribution in [0.15, 0.2) is 18.2 Å². The molecule has 0 aliphatic carbocycles. The van der Waals surface area contributed by atoms with Gasteiger partial charge in [-0.1, -0.05) is 26.2 Å². The molecule has 0 atom stereocenters. The summed E-state index contributed by atoms with van der Waals surface area (Å²) in [6.45, 7) is 5.07. The molecule has 0 aliphatic rings. The first kappa shape index (κ1) is 16.3. The van der Waals surface area contributed by atoms with Gasteiger partial charge in [0.1, 0.15) is 0 Å². The van der Waals surface area contributed by atoms with Gasteiger partial charge in [-0.3, -0.25) is 0 Å². The first-order chi connectivity index (χ1) is 9.72. The van der Waals surface area contributed by atoms with Gasteiger partial charge in [-0.15, -0.1) is 0 Å². The number of hydrogen-bond acceptors (Lipinski definition) is 4. The van der Waals surface area contributed by atoms with E-state index < -0.39 is 0 Å². The van der Waals surface area contributed by atoms with E-state index in [-0.39, 0.29) is 5.97 Å². The second-order valence-corrected chi connectivity index (χ2v) is 4.50. The third-order valence-electron chi connectivity index (χ3n) is 2.93. The highest BCUT2D eigenvalue weighted by molar-refractivity contribution is 5.90. The molecule has 0 bridgehead atoms. The van der Waals surface area contributed by atoms with E-state index >= 15 is 0 Å². The van der Waals surface area contributed by atoms with Crippen LogP contribution in [0.25, 0.3) is 0 Å². The lowest BCUT2D eigenvalue weighted by atomic mass is 10.2. The summed E-state index contributed by atoms with van der Waals surface area (Å²) >= 11 is 0. The molecule has 0 heterocycles. The maximum absolute atomic E-state index is 11.9. The fraction of sp³-hybridized carbons (Fsp3) is 0.562. The first-order valence-electron chi connectivity index (χ1n) is 7.20. The Balaban J connectivity index is 2.55. The quantitative estimate of drug-likeness (QED) is 0.509. The molecule has 0 radical (unpaired) electrons. The summed E-state index contributed by atoms with van der Waals surface area (Å²) in [6.07, 6.45) is 4.35. The van der Waals surface area contributed by atoms with Crippen molar-refractivity contribution in [2.75, 3.05) is 20.3 Å². The molecule has 4 heteroatoms. The van der Waals surface area contributed by atoms with E-state index in [1.54, 1.807) is 25.3 Å². The van der Waals surface area contributed by atoms with Crippen molar-refractivity contribution < 1.29 is 19.0 Å². The van der Waals surface area contributed by atoms with Crippen LogP contribution in [0, 0.1) is 0 Å². The van der Waals surface area contributed by atoms with Gasteiger partial charge in [0, 0.05) is 0 Å². The molecule has 0 fully saturated rings. The van der Waals surface area contributed by atoms with E-state index in [0.717, 1.165) is 12.8 Å². The van der Waals surface area contributed by atoms with Crippen LogP contribution in [0.5, 0.6) is 11.5 Å². The minimum Gasteiger partial charge on any atom is -0.493 e. The molecule has 0 spiro atoms. The van der Waals surface area contributed by atoms with Gasteiger partial charge in [0.05, 0.1) is 25.9 Å².